The summed E-state index contributed by atoms with van der Waals surface area (Å²) in [7, 11) is 0. The molecular weight excluding hydrogens is 334 g/mol. The van der Waals surface area contributed by atoms with Gasteiger partial charge in [0.15, 0.2) is 5.13 Å². The zero-order chi connectivity index (χ0) is 18.0. The number of nitrogens with zero attached hydrogens (tertiary/aromatic N) is 2. The van der Waals surface area contributed by atoms with Crippen LogP contribution in [0.3, 0.4) is 0 Å². The van der Waals surface area contributed by atoms with Crippen molar-refractivity contribution in [2.24, 2.45) is 0 Å². The van der Waals surface area contributed by atoms with E-state index in [4.69, 9.17) is 4.74 Å². The topological polar surface area (TPSA) is 54.5 Å². The van der Waals surface area contributed by atoms with Crippen LogP contribution < -0.4 is 5.32 Å². The van der Waals surface area contributed by atoms with E-state index in [2.05, 4.69) is 29.0 Å². The molecule has 5 nitrogen and oxygen atoms in total. The molecule has 2 heterocycles. The minimum atomic E-state index is -0.113. The Balaban J connectivity index is 1.61. The summed E-state index contributed by atoms with van der Waals surface area (Å²) in [5, 5.41) is 5.57. The maximum Gasteiger partial charge on any atom is 0.257 e. The molecule has 1 aliphatic heterocycles. The number of carbonyl (C=O) groups excluding carboxylic acids is 1. The summed E-state index contributed by atoms with van der Waals surface area (Å²) in [5.74, 6) is -0.113. The number of hydrogen-bond acceptors (Lipinski definition) is 5. The van der Waals surface area contributed by atoms with Crippen LogP contribution in [0, 0.1) is 13.8 Å². The Morgan fingerprint density at radius 2 is 2.00 bits per heavy atom. The number of carbonyl (C=O) groups is 1. The zero-order valence-electron chi connectivity index (χ0n) is 15.2. The lowest BCUT2D eigenvalue weighted by Crippen LogP contribution is -2.44. The largest absolute Gasteiger partial charge is 0.373 e. The number of aromatic nitrogens is 1. The molecule has 134 valence electrons. The zero-order valence-corrected chi connectivity index (χ0v) is 16.0. The molecule has 2 aromatic rings. The Hall–Kier alpha value is -1.76. The Kier molecular flexibility index (Phi) is 5.51. The highest BCUT2D eigenvalue weighted by molar-refractivity contribution is 7.13. The lowest BCUT2D eigenvalue weighted by atomic mass is 10.1. The summed E-state index contributed by atoms with van der Waals surface area (Å²) >= 11 is 1.47. The first-order valence-corrected chi connectivity index (χ1v) is 9.49. The van der Waals surface area contributed by atoms with E-state index in [0.717, 1.165) is 30.9 Å². The fraction of sp³-hybridized carbons (Fsp3) is 0.474. The standard InChI is InChI=1S/C19H25N3O2S/c1-12-5-6-16(7-13(12)2)18(23)21-19-20-17(11-25-19)10-22-8-14(3)24-15(4)9-22/h5-7,11,14-15H,8-10H2,1-4H3,(H,20,21,23)/t14-,15-/m0/s1. The Bertz CT molecular complexity index is 749. The van der Waals surface area contributed by atoms with Gasteiger partial charge in [-0.2, -0.15) is 0 Å². The number of hydrogen-bond donors (Lipinski definition) is 1. The third-order valence-corrected chi connectivity index (χ3v) is 5.23. The maximum absolute atomic E-state index is 12.4. The second-order valence-corrected chi connectivity index (χ2v) is 7.71. The average molecular weight is 359 g/mol. The van der Waals surface area contributed by atoms with E-state index in [1.54, 1.807) is 0 Å². The first-order valence-electron chi connectivity index (χ1n) is 8.61. The van der Waals surface area contributed by atoms with Crippen LogP contribution in [0.25, 0.3) is 0 Å². The van der Waals surface area contributed by atoms with Gasteiger partial charge in [0, 0.05) is 30.6 Å². The minimum absolute atomic E-state index is 0.113. The highest BCUT2D eigenvalue weighted by Crippen LogP contribution is 2.20. The van der Waals surface area contributed by atoms with Crippen molar-refractivity contribution in [2.75, 3.05) is 18.4 Å². The van der Waals surface area contributed by atoms with Gasteiger partial charge >= 0.3 is 0 Å². The number of aryl methyl sites for hydroxylation is 2. The van der Waals surface area contributed by atoms with Gasteiger partial charge in [-0.15, -0.1) is 11.3 Å². The summed E-state index contributed by atoms with van der Waals surface area (Å²) < 4.78 is 5.76. The molecule has 25 heavy (non-hydrogen) atoms. The average Bonchev–Trinajstić information content (AvgIpc) is 2.95. The van der Waals surface area contributed by atoms with Gasteiger partial charge in [0.2, 0.25) is 0 Å². The van der Waals surface area contributed by atoms with Crippen molar-refractivity contribution in [1.82, 2.24) is 9.88 Å². The molecule has 1 aliphatic rings. The quantitative estimate of drug-likeness (QED) is 0.906. The number of amides is 1. The van der Waals surface area contributed by atoms with E-state index in [1.165, 1.54) is 16.9 Å². The molecule has 1 amide bonds. The number of benzene rings is 1. The van der Waals surface area contributed by atoms with E-state index in [9.17, 15) is 4.79 Å². The van der Waals surface area contributed by atoms with Crippen LogP contribution in [0.15, 0.2) is 23.6 Å². The lowest BCUT2D eigenvalue weighted by Gasteiger charge is -2.34. The Morgan fingerprint density at radius 1 is 1.28 bits per heavy atom. The summed E-state index contributed by atoms with van der Waals surface area (Å²) in [5.41, 5.74) is 3.95. The van der Waals surface area contributed by atoms with Gasteiger partial charge < -0.3 is 4.74 Å². The number of anilines is 1. The van der Waals surface area contributed by atoms with Crippen LogP contribution in [0.4, 0.5) is 5.13 Å². The van der Waals surface area contributed by atoms with Gasteiger partial charge in [0.1, 0.15) is 0 Å². The fourth-order valence-corrected chi connectivity index (χ4v) is 3.83. The van der Waals surface area contributed by atoms with Crippen molar-refractivity contribution in [1.29, 1.82) is 0 Å². The van der Waals surface area contributed by atoms with Crippen LogP contribution >= 0.6 is 11.3 Å². The first kappa shape index (κ1) is 18.0. The van der Waals surface area contributed by atoms with Gasteiger partial charge in [-0.3, -0.25) is 15.0 Å². The van der Waals surface area contributed by atoms with Gasteiger partial charge in [-0.1, -0.05) is 6.07 Å². The van der Waals surface area contributed by atoms with Gasteiger partial charge in [-0.25, -0.2) is 4.98 Å². The molecule has 1 fully saturated rings. The summed E-state index contributed by atoms with van der Waals surface area (Å²) in [4.78, 5) is 19.3. The molecule has 0 unspecified atom stereocenters. The summed E-state index contributed by atoms with van der Waals surface area (Å²) in [6, 6.07) is 5.73. The molecular formula is C19H25N3O2S. The molecule has 2 atom stereocenters. The monoisotopic (exact) mass is 359 g/mol. The summed E-state index contributed by atoms with van der Waals surface area (Å²) in [6.07, 6.45) is 0.484. The van der Waals surface area contributed by atoms with E-state index in [1.807, 2.05) is 37.4 Å². The van der Waals surface area contributed by atoms with Crippen LogP contribution in [0.5, 0.6) is 0 Å². The maximum atomic E-state index is 12.4. The van der Waals surface area contributed by atoms with Crippen molar-refractivity contribution in [2.45, 2.75) is 46.4 Å². The molecule has 0 bridgehead atoms. The number of morpholine rings is 1. The Morgan fingerprint density at radius 3 is 2.68 bits per heavy atom. The molecule has 1 aromatic carbocycles. The molecule has 1 N–H and O–H groups in total. The van der Waals surface area contributed by atoms with Crippen LogP contribution in [-0.4, -0.2) is 41.1 Å². The van der Waals surface area contributed by atoms with Gasteiger partial charge in [-0.05, 0) is 51.0 Å². The second-order valence-electron chi connectivity index (χ2n) is 6.85. The van der Waals surface area contributed by atoms with Crippen molar-refractivity contribution in [3.8, 4) is 0 Å². The van der Waals surface area contributed by atoms with Crippen molar-refractivity contribution in [3.63, 3.8) is 0 Å². The molecule has 1 saturated heterocycles. The van der Waals surface area contributed by atoms with Crippen LogP contribution in [0.1, 0.15) is 41.0 Å². The second kappa shape index (κ2) is 7.64. The van der Waals surface area contributed by atoms with Crippen LogP contribution in [-0.2, 0) is 11.3 Å². The SMILES string of the molecule is Cc1ccc(C(=O)Nc2nc(CN3C[C@H](C)O[C@@H](C)C3)cs2)cc1C. The third-order valence-electron chi connectivity index (χ3n) is 4.42. The molecule has 0 aliphatic carbocycles. The molecule has 0 radical (unpaired) electrons. The number of rotatable bonds is 4. The summed E-state index contributed by atoms with van der Waals surface area (Å²) in [6.45, 7) is 10.8. The van der Waals surface area contributed by atoms with Gasteiger partial charge in [0.25, 0.3) is 5.91 Å². The van der Waals surface area contributed by atoms with Crippen molar-refractivity contribution < 1.29 is 9.53 Å². The lowest BCUT2D eigenvalue weighted by molar-refractivity contribution is -0.0707. The molecule has 3 rings (SSSR count). The third kappa shape index (κ3) is 4.66. The highest BCUT2D eigenvalue weighted by atomic mass is 32.1. The number of ether oxygens (including phenoxy) is 1. The van der Waals surface area contributed by atoms with E-state index >= 15 is 0 Å². The first-order chi connectivity index (χ1) is 11.9. The van der Waals surface area contributed by atoms with Crippen LogP contribution in [0.2, 0.25) is 0 Å². The number of thiazole rings is 1. The normalized spacial score (nSPS) is 21.3. The molecule has 0 saturated carbocycles. The fourth-order valence-electron chi connectivity index (χ4n) is 3.13. The van der Waals surface area contributed by atoms with Crippen molar-refractivity contribution in [3.05, 3.63) is 46.0 Å². The smallest absolute Gasteiger partial charge is 0.257 e. The van der Waals surface area contributed by atoms with Gasteiger partial charge in [0.05, 0.1) is 17.9 Å². The molecule has 1 aromatic heterocycles. The molecule has 0 spiro atoms. The molecule has 6 heteroatoms. The van der Waals surface area contributed by atoms with E-state index in [-0.39, 0.29) is 18.1 Å². The van der Waals surface area contributed by atoms with E-state index in [0.29, 0.717) is 10.7 Å². The predicted molar refractivity (Wildman–Crippen MR) is 101 cm³/mol. The van der Waals surface area contributed by atoms with E-state index < -0.39 is 0 Å². The Labute approximate surface area is 153 Å². The van der Waals surface area contributed by atoms with Crippen molar-refractivity contribution >= 4 is 22.4 Å². The predicted octanol–water partition coefficient (Wildman–Crippen LogP) is 3.62. The highest BCUT2D eigenvalue weighted by Gasteiger charge is 2.22. The minimum Gasteiger partial charge on any atom is -0.373 e. The number of nitrogens with one attached hydrogen (secondary N) is 1.